The SMILES string of the molecule is O=C(/C=C/c1c(F)cccc1F)N1CCC(C(O)C(F)(F)F)CC1. The fraction of sp³-hybridized carbons (Fsp3) is 0.438. The first-order chi connectivity index (χ1) is 11.2. The van der Waals surface area contributed by atoms with Gasteiger partial charge in [0.25, 0.3) is 0 Å². The lowest BCUT2D eigenvalue weighted by atomic mass is 9.91. The zero-order valence-electron chi connectivity index (χ0n) is 12.6. The van der Waals surface area contributed by atoms with Crippen molar-refractivity contribution in [1.29, 1.82) is 0 Å². The molecule has 1 heterocycles. The second kappa shape index (κ2) is 7.29. The first kappa shape index (κ1) is 18.4. The van der Waals surface area contributed by atoms with Crippen LogP contribution in [0.3, 0.4) is 0 Å². The van der Waals surface area contributed by atoms with Gasteiger partial charge < -0.3 is 10.0 Å². The lowest BCUT2D eigenvalue weighted by molar-refractivity contribution is -0.222. The summed E-state index contributed by atoms with van der Waals surface area (Å²) in [5, 5.41) is 9.22. The summed E-state index contributed by atoms with van der Waals surface area (Å²) in [6, 6.07) is 3.30. The number of alkyl halides is 3. The molecule has 1 saturated heterocycles. The van der Waals surface area contributed by atoms with Gasteiger partial charge in [-0.3, -0.25) is 4.79 Å². The summed E-state index contributed by atoms with van der Waals surface area (Å²) in [5.74, 6) is -3.13. The van der Waals surface area contributed by atoms with Gasteiger partial charge in [0, 0.05) is 24.7 Å². The largest absolute Gasteiger partial charge is 0.414 e. The molecule has 0 aliphatic carbocycles. The number of carbonyl (C=O) groups is 1. The van der Waals surface area contributed by atoms with Crippen molar-refractivity contribution in [1.82, 2.24) is 4.90 Å². The molecule has 3 nitrogen and oxygen atoms in total. The minimum Gasteiger partial charge on any atom is -0.383 e. The standard InChI is InChI=1S/C16H16F5NO2/c17-12-2-1-3-13(18)11(12)4-5-14(23)22-8-6-10(7-9-22)15(24)16(19,20)21/h1-5,10,15,24H,6-9H2/b5-4+. The molecule has 1 aliphatic heterocycles. The van der Waals surface area contributed by atoms with Crippen molar-refractivity contribution in [2.75, 3.05) is 13.1 Å². The van der Waals surface area contributed by atoms with E-state index in [1.807, 2.05) is 0 Å². The zero-order chi connectivity index (χ0) is 17.9. The molecule has 1 unspecified atom stereocenters. The van der Waals surface area contributed by atoms with Crippen LogP contribution in [0.1, 0.15) is 18.4 Å². The Kier molecular flexibility index (Phi) is 5.58. The summed E-state index contributed by atoms with van der Waals surface area (Å²) in [6.45, 7) is 0.0848. The first-order valence-electron chi connectivity index (χ1n) is 7.36. The number of aliphatic hydroxyl groups is 1. The Balaban J connectivity index is 1.95. The fourth-order valence-electron chi connectivity index (χ4n) is 2.63. The van der Waals surface area contributed by atoms with Gasteiger partial charge in [0.05, 0.1) is 0 Å². The number of hydrogen-bond acceptors (Lipinski definition) is 2. The average Bonchev–Trinajstić information content (AvgIpc) is 2.52. The molecule has 24 heavy (non-hydrogen) atoms. The summed E-state index contributed by atoms with van der Waals surface area (Å²) in [7, 11) is 0. The summed E-state index contributed by atoms with van der Waals surface area (Å²) < 4.78 is 64.3. The molecular weight excluding hydrogens is 333 g/mol. The van der Waals surface area contributed by atoms with Crippen LogP contribution in [0.15, 0.2) is 24.3 Å². The van der Waals surface area contributed by atoms with Gasteiger partial charge in [0.15, 0.2) is 6.10 Å². The second-order valence-electron chi connectivity index (χ2n) is 5.62. The number of benzene rings is 1. The van der Waals surface area contributed by atoms with Crippen molar-refractivity contribution in [2.24, 2.45) is 5.92 Å². The minimum atomic E-state index is -4.68. The second-order valence-corrected chi connectivity index (χ2v) is 5.62. The van der Waals surface area contributed by atoms with Crippen LogP contribution in [0.4, 0.5) is 22.0 Å². The summed E-state index contributed by atoms with van der Waals surface area (Å²) in [6.07, 6.45) is -5.08. The van der Waals surface area contributed by atoms with Crippen LogP contribution in [0.2, 0.25) is 0 Å². The van der Waals surface area contributed by atoms with Crippen LogP contribution < -0.4 is 0 Å². The number of likely N-dealkylation sites (tertiary alicyclic amines) is 1. The van der Waals surface area contributed by atoms with Crippen LogP contribution in [0.5, 0.6) is 0 Å². The van der Waals surface area contributed by atoms with Gasteiger partial charge in [-0.2, -0.15) is 13.2 Å². The highest BCUT2D eigenvalue weighted by Crippen LogP contribution is 2.31. The quantitative estimate of drug-likeness (QED) is 0.673. The van der Waals surface area contributed by atoms with Crippen molar-refractivity contribution in [2.45, 2.75) is 25.1 Å². The zero-order valence-corrected chi connectivity index (χ0v) is 12.6. The molecule has 2 rings (SSSR count). The third kappa shape index (κ3) is 4.31. The molecule has 1 aromatic carbocycles. The third-order valence-corrected chi connectivity index (χ3v) is 4.03. The van der Waals surface area contributed by atoms with Crippen molar-refractivity contribution < 1.29 is 31.9 Å². The molecule has 1 fully saturated rings. The molecule has 8 heteroatoms. The smallest absolute Gasteiger partial charge is 0.383 e. The molecule has 1 aliphatic rings. The van der Waals surface area contributed by atoms with E-state index in [1.165, 1.54) is 11.0 Å². The monoisotopic (exact) mass is 349 g/mol. The Hall–Kier alpha value is -1.96. The van der Waals surface area contributed by atoms with E-state index in [2.05, 4.69) is 0 Å². The predicted octanol–water partition coefficient (Wildman–Crippen LogP) is 3.14. The Bertz CT molecular complexity index is 601. The molecule has 1 aromatic rings. The molecule has 1 N–H and O–H groups in total. The highest BCUT2D eigenvalue weighted by molar-refractivity contribution is 5.91. The number of amides is 1. The lowest BCUT2D eigenvalue weighted by Gasteiger charge is -2.34. The molecule has 0 bridgehead atoms. The van der Waals surface area contributed by atoms with Crippen LogP contribution in [0.25, 0.3) is 6.08 Å². The number of hydrogen-bond donors (Lipinski definition) is 1. The maximum absolute atomic E-state index is 13.4. The van der Waals surface area contributed by atoms with Gasteiger partial charge in [-0.15, -0.1) is 0 Å². The number of halogens is 5. The van der Waals surface area contributed by atoms with Gasteiger partial charge in [-0.05, 0) is 37.0 Å². The molecule has 0 saturated carbocycles. The summed E-state index contributed by atoms with van der Waals surface area (Å²) >= 11 is 0. The highest BCUT2D eigenvalue weighted by atomic mass is 19.4. The van der Waals surface area contributed by atoms with Gasteiger partial charge >= 0.3 is 6.18 Å². The maximum Gasteiger partial charge on any atom is 0.414 e. The molecule has 0 radical (unpaired) electrons. The Labute approximate surface area is 135 Å². The van der Waals surface area contributed by atoms with Crippen LogP contribution in [-0.4, -0.2) is 41.3 Å². The Morgan fingerprint density at radius 3 is 2.25 bits per heavy atom. The van der Waals surface area contributed by atoms with Gasteiger partial charge in [-0.25, -0.2) is 8.78 Å². The average molecular weight is 349 g/mol. The fourth-order valence-corrected chi connectivity index (χ4v) is 2.63. The van der Waals surface area contributed by atoms with Crippen molar-refractivity contribution >= 4 is 12.0 Å². The maximum atomic E-state index is 13.4. The molecule has 132 valence electrons. The van der Waals surface area contributed by atoms with Gasteiger partial charge in [0.1, 0.15) is 11.6 Å². The number of rotatable bonds is 3. The topological polar surface area (TPSA) is 40.5 Å². The van der Waals surface area contributed by atoms with Crippen molar-refractivity contribution in [3.05, 3.63) is 41.5 Å². The van der Waals surface area contributed by atoms with Crippen molar-refractivity contribution in [3.8, 4) is 0 Å². The minimum absolute atomic E-state index is 0.00825. The Morgan fingerprint density at radius 1 is 1.21 bits per heavy atom. The molecular formula is C16H16F5NO2. The predicted molar refractivity (Wildman–Crippen MR) is 76.8 cm³/mol. The number of aliphatic hydroxyl groups excluding tert-OH is 1. The molecule has 0 aromatic heterocycles. The van der Waals surface area contributed by atoms with Crippen LogP contribution in [0, 0.1) is 17.6 Å². The van der Waals surface area contributed by atoms with E-state index < -0.39 is 35.7 Å². The van der Waals surface area contributed by atoms with E-state index >= 15 is 0 Å². The molecule has 0 spiro atoms. The highest BCUT2D eigenvalue weighted by Gasteiger charge is 2.44. The number of piperidine rings is 1. The van der Waals surface area contributed by atoms with Gasteiger partial charge in [0.2, 0.25) is 5.91 Å². The number of carbonyl (C=O) groups excluding carboxylic acids is 1. The summed E-state index contributed by atoms with van der Waals surface area (Å²) in [4.78, 5) is 13.3. The van der Waals surface area contributed by atoms with E-state index in [-0.39, 0.29) is 31.5 Å². The van der Waals surface area contributed by atoms with E-state index in [0.29, 0.717) is 0 Å². The number of nitrogens with zero attached hydrogens (tertiary/aromatic N) is 1. The molecule has 1 atom stereocenters. The van der Waals surface area contributed by atoms with E-state index in [9.17, 15) is 31.9 Å². The van der Waals surface area contributed by atoms with Crippen LogP contribution in [-0.2, 0) is 4.79 Å². The van der Waals surface area contributed by atoms with E-state index in [1.54, 1.807) is 0 Å². The summed E-state index contributed by atoms with van der Waals surface area (Å²) in [5.41, 5.74) is -0.353. The Morgan fingerprint density at radius 2 is 1.75 bits per heavy atom. The van der Waals surface area contributed by atoms with E-state index in [0.717, 1.165) is 24.3 Å². The van der Waals surface area contributed by atoms with Crippen LogP contribution >= 0.6 is 0 Å². The lowest BCUT2D eigenvalue weighted by Crippen LogP contribution is -2.44. The first-order valence-corrected chi connectivity index (χ1v) is 7.36. The third-order valence-electron chi connectivity index (χ3n) is 4.03. The van der Waals surface area contributed by atoms with E-state index in [4.69, 9.17) is 0 Å². The van der Waals surface area contributed by atoms with Crippen molar-refractivity contribution in [3.63, 3.8) is 0 Å². The normalized spacial score (nSPS) is 18.2. The molecule has 1 amide bonds. The van der Waals surface area contributed by atoms with Gasteiger partial charge in [-0.1, -0.05) is 6.07 Å².